The quantitative estimate of drug-likeness (QED) is 0.462. The highest BCUT2D eigenvalue weighted by molar-refractivity contribution is 6.36. The van der Waals surface area contributed by atoms with Gasteiger partial charge in [0.2, 0.25) is 0 Å². The smallest absolute Gasteiger partial charge is 0.275 e. The molecule has 0 aromatic heterocycles. The van der Waals surface area contributed by atoms with E-state index < -0.39 is 35.6 Å². The topological polar surface area (TPSA) is 74.8 Å². The Morgan fingerprint density at radius 2 is 1.56 bits per heavy atom. The second-order valence-corrected chi connectivity index (χ2v) is 9.01. The van der Waals surface area contributed by atoms with Crippen LogP contribution in [0.4, 0.5) is 0 Å². The maximum Gasteiger partial charge on any atom is 0.275 e. The average Bonchev–Trinajstić information content (AvgIpc) is 3.04. The number of rotatable bonds is 5. The predicted octanol–water partition coefficient (Wildman–Crippen LogP) is 4.80. The van der Waals surface area contributed by atoms with Gasteiger partial charge >= 0.3 is 0 Å². The molecule has 1 saturated heterocycles. The molecule has 0 N–H and O–H groups in total. The predicted molar refractivity (Wildman–Crippen MR) is 120 cm³/mol. The molecule has 2 aromatic carbocycles. The van der Waals surface area contributed by atoms with Crippen molar-refractivity contribution >= 4 is 46.7 Å². The van der Waals surface area contributed by atoms with Gasteiger partial charge in [0.25, 0.3) is 17.7 Å². The lowest BCUT2D eigenvalue weighted by molar-refractivity contribution is -0.156. The molecule has 2 fully saturated rings. The second kappa shape index (κ2) is 9.04. The van der Waals surface area contributed by atoms with Crippen molar-refractivity contribution in [1.29, 1.82) is 0 Å². The summed E-state index contributed by atoms with van der Waals surface area (Å²) >= 11 is 12.2. The molecule has 1 heterocycles. The monoisotopic (exact) mass is 472 g/mol. The Hall–Kier alpha value is -2.70. The molecule has 0 bridgehead atoms. The summed E-state index contributed by atoms with van der Waals surface area (Å²) in [4.78, 5) is 53.4. The molecule has 8 heteroatoms. The minimum atomic E-state index is -1.11. The molecule has 1 aliphatic heterocycles. The first-order valence-corrected chi connectivity index (χ1v) is 11.3. The van der Waals surface area contributed by atoms with Gasteiger partial charge in [-0.25, -0.2) is 5.01 Å². The van der Waals surface area contributed by atoms with Crippen LogP contribution in [0.25, 0.3) is 0 Å². The van der Waals surface area contributed by atoms with Crippen molar-refractivity contribution < 1.29 is 19.2 Å². The van der Waals surface area contributed by atoms with Crippen molar-refractivity contribution in [2.45, 2.75) is 38.6 Å². The summed E-state index contributed by atoms with van der Waals surface area (Å²) in [5, 5.41) is 2.28. The molecule has 4 rings (SSSR count). The van der Waals surface area contributed by atoms with E-state index in [0.29, 0.717) is 23.4 Å². The normalized spacial score (nSPS) is 21.3. The van der Waals surface area contributed by atoms with E-state index in [4.69, 9.17) is 23.2 Å². The minimum Gasteiger partial charge on any atom is -0.292 e. The van der Waals surface area contributed by atoms with Crippen LogP contribution >= 0.6 is 23.2 Å². The minimum absolute atomic E-state index is 0.0549. The van der Waals surface area contributed by atoms with Gasteiger partial charge in [-0.3, -0.25) is 19.2 Å². The Kier molecular flexibility index (Phi) is 6.35. The van der Waals surface area contributed by atoms with Crippen LogP contribution < -0.4 is 0 Å². The van der Waals surface area contributed by atoms with Gasteiger partial charge in [0, 0.05) is 10.6 Å². The molecule has 0 unspecified atom stereocenters. The summed E-state index contributed by atoms with van der Waals surface area (Å²) in [6.45, 7) is 1.51. The average molecular weight is 473 g/mol. The van der Waals surface area contributed by atoms with E-state index >= 15 is 0 Å². The maximum atomic E-state index is 13.6. The number of carbonyl (C=O) groups is 4. The first kappa shape index (κ1) is 22.5. The Labute approximate surface area is 196 Å². The third-order valence-corrected chi connectivity index (χ3v) is 6.76. The number of fused-ring (bicyclic) bond motifs is 1. The van der Waals surface area contributed by atoms with Crippen LogP contribution in [-0.4, -0.2) is 39.6 Å². The van der Waals surface area contributed by atoms with Gasteiger partial charge in [-0.2, -0.15) is 5.01 Å². The molecule has 166 valence electrons. The largest absolute Gasteiger partial charge is 0.292 e. The van der Waals surface area contributed by atoms with Crippen LogP contribution in [0.15, 0.2) is 48.5 Å². The number of ketones is 1. The molecule has 32 heavy (non-hydrogen) atoms. The molecule has 1 saturated carbocycles. The molecular weight excluding hydrogens is 451 g/mol. The summed E-state index contributed by atoms with van der Waals surface area (Å²) in [5.74, 6) is -2.91. The lowest BCUT2D eigenvalue weighted by Gasteiger charge is -2.35. The zero-order valence-electron chi connectivity index (χ0n) is 17.5. The fraction of sp³-hybridized carbons (Fsp3) is 0.333. The molecule has 3 amide bonds. The van der Waals surface area contributed by atoms with Crippen molar-refractivity contribution in [2.75, 3.05) is 0 Å². The number of hydrogen-bond acceptors (Lipinski definition) is 4. The first-order chi connectivity index (χ1) is 15.3. The zero-order valence-corrected chi connectivity index (χ0v) is 19.0. The van der Waals surface area contributed by atoms with Gasteiger partial charge in [0.15, 0.2) is 5.78 Å². The van der Waals surface area contributed by atoms with Crippen molar-refractivity contribution in [2.24, 2.45) is 11.8 Å². The second-order valence-electron chi connectivity index (χ2n) is 8.17. The van der Waals surface area contributed by atoms with Crippen molar-refractivity contribution in [3.8, 4) is 0 Å². The third kappa shape index (κ3) is 3.93. The van der Waals surface area contributed by atoms with Gasteiger partial charge in [0.1, 0.15) is 6.04 Å². The summed E-state index contributed by atoms with van der Waals surface area (Å²) in [6, 6.07) is 11.7. The Morgan fingerprint density at radius 1 is 0.969 bits per heavy atom. The maximum absolute atomic E-state index is 13.6. The Balaban J connectivity index is 1.77. The number of halogens is 2. The standard InChI is InChI=1S/C24H22Cl2N2O4/c1-14(21(29)15-7-3-2-4-8-15)27(24(32)19-12-11-16(25)13-20(19)26)28-22(30)17-9-5-6-10-18(17)23(28)31/h2-4,7-8,11-14,17-18H,5-6,9-10H2,1H3/t14-,17+,18+/m1/s1. The molecule has 3 atom stereocenters. The number of carbonyl (C=O) groups excluding carboxylic acids is 4. The lowest BCUT2D eigenvalue weighted by atomic mass is 9.81. The summed E-state index contributed by atoms with van der Waals surface area (Å²) < 4.78 is 0. The van der Waals surface area contributed by atoms with E-state index in [2.05, 4.69) is 0 Å². The van der Waals surface area contributed by atoms with Crippen LogP contribution in [0.5, 0.6) is 0 Å². The van der Waals surface area contributed by atoms with E-state index in [1.54, 1.807) is 30.3 Å². The van der Waals surface area contributed by atoms with Crippen LogP contribution in [0, 0.1) is 11.8 Å². The van der Waals surface area contributed by atoms with Gasteiger partial charge in [0.05, 0.1) is 22.4 Å². The summed E-state index contributed by atoms with van der Waals surface area (Å²) in [7, 11) is 0. The molecular formula is C24H22Cl2N2O4. The number of hydrazine groups is 1. The summed E-state index contributed by atoms with van der Waals surface area (Å²) in [6.07, 6.45) is 2.89. The highest BCUT2D eigenvalue weighted by atomic mass is 35.5. The van der Waals surface area contributed by atoms with Crippen LogP contribution in [0.3, 0.4) is 0 Å². The first-order valence-electron chi connectivity index (χ1n) is 10.6. The van der Waals surface area contributed by atoms with E-state index in [1.807, 2.05) is 0 Å². The van der Waals surface area contributed by atoms with E-state index in [1.165, 1.54) is 25.1 Å². The van der Waals surface area contributed by atoms with Crippen LogP contribution in [-0.2, 0) is 9.59 Å². The molecule has 6 nitrogen and oxygen atoms in total. The van der Waals surface area contributed by atoms with Gasteiger partial charge in [-0.05, 0) is 38.0 Å². The summed E-state index contributed by atoms with van der Waals surface area (Å²) in [5.41, 5.74) is 0.427. The molecule has 0 radical (unpaired) electrons. The van der Waals surface area contributed by atoms with Gasteiger partial charge in [-0.15, -0.1) is 0 Å². The number of Topliss-reactive ketones (excluding diaryl/α,β-unsaturated/α-hetero) is 1. The fourth-order valence-corrected chi connectivity index (χ4v) is 5.03. The van der Waals surface area contributed by atoms with Crippen molar-refractivity contribution in [1.82, 2.24) is 10.0 Å². The molecule has 0 spiro atoms. The molecule has 2 aromatic rings. The van der Waals surface area contributed by atoms with E-state index in [0.717, 1.165) is 22.9 Å². The van der Waals surface area contributed by atoms with Crippen molar-refractivity contribution in [3.05, 3.63) is 69.7 Å². The number of amides is 3. The van der Waals surface area contributed by atoms with Crippen LogP contribution in [0.1, 0.15) is 53.3 Å². The zero-order chi connectivity index (χ0) is 23.0. The highest BCUT2D eigenvalue weighted by Crippen LogP contribution is 2.40. The lowest BCUT2D eigenvalue weighted by Crippen LogP contribution is -2.56. The number of imide groups is 1. The van der Waals surface area contributed by atoms with Crippen molar-refractivity contribution in [3.63, 3.8) is 0 Å². The van der Waals surface area contributed by atoms with E-state index in [9.17, 15) is 19.2 Å². The van der Waals surface area contributed by atoms with Gasteiger partial charge in [-0.1, -0.05) is 66.4 Å². The number of nitrogens with zero attached hydrogens (tertiary/aromatic N) is 2. The Bertz CT molecular complexity index is 1060. The Morgan fingerprint density at radius 3 is 2.12 bits per heavy atom. The van der Waals surface area contributed by atoms with Crippen LogP contribution in [0.2, 0.25) is 10.0 Å². The fourth-order valence-electron chi connectivity index (χ4n) is 4.54. The molecule has 2 aliphatic rings. The van der Waals surface area contributed by atoms with E-state index in [-0.39, 0.29) is 16.4 Å². The number of hydrogen-bond donors (Lipinski definition) is 0. The third-order valence-electron chi connectivity index (χ3n) is 6.21. The molecule has 1 aliphatic carbocycles. The highest BCUT2D eigenvalue weighted by Gasteiger charge is 2.53. The number of benzene rings is 2. The van der Waals surface area contributed by atoms with Gasteiger partial charge < -0.3 is 0 Å². The SMILES string of the molecule is C[C@H](C(=O)c1ccccc1)N(C(=O)c1ccc(Cl)cc1Cl)N1C(=O)[C@H]2CCCC[C@@H]2C1=O.